The largest absolute Gasteiger partial charge is 0.478 e. The lowest BCUT2D eigenvalue weighted by atomic mass is 9.98. The lowest BCUT2D eigenvalue weighted by Crippen LogP contribution is -2.09. The van der Waals surface area contributed by atoms with Crippen LogP contribution in [0.15, 0.2) is 48.5 Å². The van der Waals surface area contributed by atoms with Gasteiger partial charge in [0.2, 0.25) is 0 Å². The minimum absolute atomic E-state index is 0.0143. The molecule has 20 heavy (non-hydrogen) atoms. The van der Waals surface area contributed by atoms with Gasteiger partial charge in [-0.15, -0.1) is 0 Å². The van der Waals surface area contributed by atoms with E-state index in [1.165, 1.54) is 12.1 Å². The molecule has 0 amide bonds. The number of ketones is 1. The number of carboxylic acids is 1. The van der Waals surface area contributed by atoms with Crippen molar-refractivity contribution in [2.75, 3.05) is 0 Å². The van der Waals surface area contributed by atoms with Gasteiger partial charge in [0.15, 0.2) is 5.78 Å². The minimum Gasteiger partial charge on any atom is -0.478 e. The predicted molar refractivity (Wildman–Crippen MR) is 83.9 cm³/mol. The first-order valence-corrected chi connectivity index (χ1v) is 7.59. The van der Waals surface area contributed by atoms with Gasteiger partial charge in [0.25, 0.3) is 0 Å². The van der Waals surface area contributed by atoms with E-state index in [-0.39, 0.29) is 20.6 Å². The number of hydrogen-bond acceptors (Lipinski definition) is 2. The minimum atomic E-state index is -1.11. The maximum atomic E-state index is 12.4. The van der Waals surface area contributed by atoms with E-state index < -0.39 is 5.97 Å². The van der Waals surface area contributed by atoms with E-state index in [0.717, 1.165) is 5.56 Å². The van der Waals surface area contributed by atoms with Crippen LogP contribution in [0.5, 0.6) is 0 Å². The van der Waals surface area contributed by atoms with Gasteiger partial charge in [-0.05, 0) is 11.6 Å². The van der Waals surface area contributed by atoms with Crippen LogP contribution in [0.25, 0.3) is 0 Å². The van der Waals surface area contributed by atoms with Gasteiger partial charge in [-0.25, -0.2) is 4.79 Å². The van der Waals surface area contributed by atoms with Crippen molar-refractivity contribution in [3.8, 4) is 0 Å². The highest BCUT2D eigenvalue weighted by Crippen LogP contribution is 2.29. The highest BCUT2D eigenvalue weighted by molar-refractivity contribution is 9.24. The normalized spacial score (nSPS) is 10.6. The third kappa shape index (κ3) is 3.16. The maximum Gasteiger partial charge on any atom is 0.336 e. The first-order valence-electron chi connectivity index (χ1n) is 5.76. The molecule has 3 nitrogen and oxygen atoms in total. The first kappa shape index (κ1) is 14.9. The Hall–Kier alpha value is -1.46. The van der Waals surface area contributed by atoms with E-state index in [4.69, 9.17) is 5.11 Å². The second kappa shape index (κ2) is 6.33. The van der Waals surface area contributed by atoms with Crippen molar-refractivity contribution in [1.29, 1.82) is 0 Å². The molecule has 0 unspecified atom stereocenters. The fraction of sp³-hybridized carbons (Fsp3) is 0.0667. The summed E-state index contributed by atoms with van der Waals surface area (Å²) in [4.78, 5) is 23.5. The summed E-state index contributed by atoms with van der Waals surface area (Å²) >= 11 is 6.75. The first-order chi connectivity index (χ1) is 9.50. The van der Waals surface area contributed by atoms with E-state index in [1.54, 1.807) is 24.3 Å². The van der Waals surface area contributed by atoms with Gasteiger partial charge < -0.3 is 5.11 Å². The van der Waals surface area contributed by atoms with Gasteiger partial charge in [0.05, 0.1) is 9.30 Å². The summed E-state index contributed by atoms with van der Waals surface area (Å²) in [6.45, 7) is 0. The van der Waals surface area contributed by atoms with Crippen LogP contribution in [0.3, 0.4) is 0 Å². The average molecular weight is 398 g/mol. The molecule has 0 atom stereocenters. The zero-order chi connectivity index (χ0) is 14.7. The summed E-state index contributed by atoms with van der Waals surface area (Å²) in [5, 5.41) is 9.11. The highest BCUT2D eigenvalue weighted by atomic mass is 79.9. The van der Waals surface area contributed by atoms with Crippen molar-refractivity contribution in [3.05, 3.63) is 70.8 Å². The molecule has 0 aliphatic carbocycles. The summed E-state index contributed by atoms with van der Waals surface area (Å²) in [6.07, 6.45) is 0. The monoisotopic (exact) mass is 396 g/mol. The van der Waals surface area contributed by atoms with E-state index in [9.17, 15) is 9.59 Å². The zero-order valence-electron chi connectivity index (χ0n) is 10.2. The van der Waals surface area contributed by atoms with Crippen LogP contribution < -0.4 is 0 Å². The van der Waals surface area contributed by atoms with E-state index in [2.05, 4.69) is 31.9 Å². The van der Waals surface area contributed by atoms with Crippen molar-refractivity contribution < 1.29 is 14.7 Å². The van der Waals surface area contributed by atoms with Gasteiger partial charge in [-0.3, -0.25) is 4.79 Å². The number of halogens is 2. The van der Waals surface area contributed by atoms with Gasteiger partial charge in [0, 0.05) is 11.1 Å². The van der Waals surface area contributed by atoms with Crippen LogP contribution in [0, 0.1) is 0 Å². The molecule has 0 aliphatic heterocycles. The van der Waals surface area contributed by atoms with Crippen LogP contribution in [0.1, 0.15) is 35.6 Å². The average Bonchev–Trinajstić information content (AvgIpc) is 2.46. The van der Waals surface area contributed by atoms with Crippen molar-refractivity contribution in [2.45, 2.75) is 3.74 Å². The molecule has 0 fully saturated rings. The number of carbonyl (C=O) groups excluding carboxylic acids is 1. The summed E-state index contributed by atoms with van der Waals surface area (Å²) < 4.78 is 0.0189. The smallest absolute Gasteiger partial charge is 0.336 e. The quantitative estimate of drug-likeness (QED) is 0.614. The molecule has 0 aliphatic rings. The molecule has 0 bridgehead atoms. The van der Waals surface area contributed by atoms with Gasteiger partial charge in [0.1, 0.15) is 0 Å². The van der Waals surface area contributed by atoms with Crippen LogP contribution in [-0.2, 0) is 0 Å². The molecular formula is C15H10Br2O3. The lowest BCUT2D eigenvalue weighted by Gasteiger charge is -2.07. The molecule has 5 heteroatoms. The maximum absolute atomic E-state index is 12.4. The van der Waals surface area contributed by atoms with Crippen molar-refractivity contribution in [1.82, 2.24) is 0 Å². The topological polar surface area (TPSA) is 54.4 Å². The number of alkyl halides is 2. The molecule has 0 aromatic heterocycles. The zero-order valence-corrected chi connectivity index (χ0v) is 13.4. The standard InChI is InChI=1S/C15H10Br2O3/c16-14(17)10-7-5-9(6-8-10)13(18)11-3-1-2-4-12(11)15(19)20/h1-8,14H,(H,19,20). The molecule has 0 spiro atoms. The van der Waals surface area contributed by atoms with Crippen LogP contribution in [0.4, 0.5) is 0 Å². The Balaban J connectivity index is 2.39. The molecule has 2 aromatic rings. The lowest BCUT2D eigenvalue weighted by molar-refractivity contribution is 0.0693. The molecule has 0 radical (unpaired) electrons. The Labute approximate surface area is 132 Å². The summed E-state index contributed by atoms with van der Waals surface area (Å²) in [7, 11) is 0. The van der Waals surface area contributed by atoms with Crippen LogP contribution in [-0.4, -0.2) is 16.9 Å². The Morgan fingerprint density at radius 1 is 0.900 bits per heavy atom. The fourth-order valence-electron chi connectivity index (χ4n) is 1.80. The summed E-state index contributed by atoms with van der Waals surface area (Å²) in [5.41, 5.74) is 1.65. The Kier molecular flexibility index (Phi) is 4.73. The Morgan fingerprint density at radius 2 is 1.45 bits per heavy atom. The third-order valence-electron chi connectivity index (χ3n) is 2.83. The predicted octanol–water partition coefficient (Wildman–Crippen LogP) is 4.40. The highest BCUT2D eigenvalue weighted by Gasteiger charge is 2.17. The Bertz CT molecular complexity index is 648. The second-order valence-corrected chi connectivity index (χ2v) is 7.16. The van der Waals surface area contributed by atoms with Gasteiger partial charge >= 0.3 is 5.97 Å². The van der Waals surface area contributed by atoms with Gasteiger partial charge in [-0.1, -0.05) is 74.3 Å². The van der Waals surface area contributed by atoms with Crippen molar-refractivity contribution >= 4 is 43.6 Å². The molecule has 2 aromatic carbocycles. The molecule has 102 valence electrons. The molecule has 0 saturated heterocycles. The van der Waals surface area contributed by atoms with Gasteiger partial charge in [-0.2, -0.15) is 0 Å². The SMILES string of the molecule is O=C(O)c1ccccc1C(=O)c1ccc(C(Br)Br)cc1. The van der Waals surface area contributed by atoms with Crippen molar-refractivity contribution in [3.63, 3.8) is 0 Å². The molecule has 0 heterocycles. The summed E-state index contributed by atoms with van der Waals surface area (Å²) in [5.74, 6) is -1.40. The van der Waals surface area contributed by atoms with E-state index >= 15 is 0 Å². The van der Waals surface area contributed by atoms with E-state index in [1.807, 2.05) is 12.1 Å². The third-order valence-corrected chi connectivity index (χ3v) is 3.88. The fourth-order valence-corrected chi connectivity index (χ4v) is 2.41. The number of carboxylic acid groups (broad SMARTS) is 1. The van der Waals surface area contributed by atoms with Crippen LogP contribution >= 0.6 is 31.9 Å². The number of rotatable bonds is 4. The molecular weight excluding hydrogens is 388 g/mol. The number of hydrogen-bond donors (Lipinski definition) is 1. The second-order valence-electron chi connectivity index (χ2n) is 4.10. The molecule has 1 N–H and O–H groups in total. The van der Waals surface area contributed by atoms with Crippen LogP contribution in [0.2, 0.25) is 0 Å². The number of aromatic carboxylic acids is 1. The van der Waals surface area contributed by atoms with E-state index in [0.29, 0.717) is 5.56 Å². The van der Waals surface area contributed by atoms with Crippen molar-refractivity contribution in [2.24, 2.45) is 0 Å². The molecule has 2 rings (SSSR count). The Morgan fingerprint density at radius 3 is 1.95 bits per heavy atom. The summed E-state index contributed by atoms with van der Waals surface area (Å²) in [6, 6.07) is 13.2. The molecule has 0 saturated carbocycles. The number of benzene rings is 2. The number of carbonyl (C=O) groups is 2.